The Morgan fingerprint density at radius 1 is 0.972 bits per heavy atom. The van der Waals surface area contributed by atoms with Gasteiger partial charge in [0.15, 0.2) is 5.11 Å². The smallest absolute Gasteiger partial charge is 0.497 e. The van der Waals surface area contributed by atoms with Gasteiger partial charge in [-0.1, -0.05) is 24.3 Å². The number of benzene rings is 3. The van der Waals surface area contributed by atoms with Crippen molar-refractivity contribution in [2.45, 2.75) is 6.36 Å². The molecule has 0 bridgehead atoms. The van der Waals surface area contributed by atoms with Gasteiger partial charge in [0.05, 0.1) is 25.3 Å². The van der Waals surface area contributed by atoms with Crippen molar-refractivity contribution in [2.24, 2.45) is 5.10 Å². The summed E-state index contributed by atoms with van der Waals surface area (Å²) in [6.07, 6.45) is 0.282. The monoisotopic (exact) mass is 511 g/mol. The first-order valence-electron chi connectivity index (χ1n) is 10.5. The van der Waals surface area contributed by atoms with Crippen LogP contribution in [0.5, 0.6) is 11.5 Å². The molecule has 7 nitrogen and oxygen atoms in total. The molecular weight excluding hydrogens is 491 g/mol. The van der Waals surface area contributed by atoms with Crippen molar-refractivity contribution >= 4 is 29.2 Å². The van der Waals surface area contributed by atoms with Gasteiger partial charge in [-0.3, -0.25) is 5.43 Å². The molecule has 36 heavy (non-hydrogen) atoms. The third-order valence-electron chi connectivity index (χ3n) is 4.89. The Bertz CT molecular complexity index is 1340. The SMILES string of the molecule is COc1ccc(NC(=S)N/N=C/c2ccc(-c3cn(-c4ccc(OC(F)(F)F)cc4)cn3)cc2)cc1. The summed E-state index contributed by atoms with van der Waals surface area (Å²) in [5.74, 6) is 0.469. The van der Waals surface area contributed by atoms with Crippen LogP contribution in [0.2, 0.25) is 0 Å². The standard InChI is InChI=1S/C25H20F3N5O2S/c1-34-21-10-6-19(7-11-21)31-24(36)32-30-14-17-2-4-18(5-3-17)23-15-33(16-29-23)20-8-12-22(13-9-20)35-25(26,27)28/h2-16H,1H3,(H2,31,32,36)/b30-14+. The topological polar surface area (TPSA) is 72.7 Å². The average molecular weight is 512 g/mol. The molecule has 0 fully saturated rings. The van der Waals surface area contributed by atoms with Crippen LogP contribution >= 0.6 is 12.2 Å². The van der Waals surface area contributed by atoms with Crippen molar-refractivity contribution in [1.29, 1.82) is 0 Å². The molecule has 0 aliphatic heterocycles. The van der Waals surface area contributed by atoms with Crippen LogP contribution in [-0.4, -0.2) is 34.4 Å². The largest absolute Gasteiger partial charge is 0.573 e. The molecule has 1 aromatic heterocycles. The molecule has 0 saturated carbocycles. The lowest BCUT2D eigenvalue weighted by Crippen LogP contribution is -2.23. The molecule has 4 rings (SSSR count). The summed E-state index contributed by atoms with van der Waals surface area (Å²) in [6.45, 7) is 0. The summed E-state index contributed by atoms with van der Waals surface area (Å²) in [4.78, 5) is 4.38. The zero-order valence-electron chi connectivity index (χ0n) is 18.9. The summed E-state index contributed by atoms with van der Waals surface area (Å²) in [6, 6.07) is 20.4. The molecule has 0 saturated heterocycles. The van der Waals surface area contributed by atoms with Crippen LogP contribution in [0.15, 0.2) is 90.4 Å². The summed E-state index contributed by atoms with van der Waals surface area (Å²) >= 11 is 5.24. The Morgan fingerprint density at radius 3 is 2.28 bits per heavy atom. The van der Waals surface area contributed by atoms with Crippen LogP contribution in [0, 0.1) is 0 Å². The highest BCUT2D eigenvalue weighted by molar-refractivity contribution is 7.80. The normalized spacial score (nSPS) is 11.3. The lowest BCUT2D eigenvalue weighted by molar-refractivity contribution is -0.274. The van der Waals surface area contributed by atoms with Gasteiger partial charge in [-0.25, -0.2) is 4.98 Å². The molecule has 4 aromatic rings. The number of aromatic nitrogens is 2. The number of alkyl halides is 3. The fourth-order valence-electron chi connectivity index (χ4n) is 3.17. The minimum absolute atomic E-state index is 0.282. The fraction of sp³-hybridized carbons (Fsp3) is 0.0800. The lowest BCUT2D eigenvalue weighted by atomic mass is 10.1. The number of imidazole rings is 1. The van der Waals surface area contributed by atoms with Crippen LogP contribution in [-0.2, 0) is 0 Å². The van der Waals surface area contributed by atoms with Gasteiger partial charge in [0.2, 0.25) is 0 Å². The lowest BCUT2D eigenvalue weighted by Gasteiger charge is -2.09. The van der Waals surface area contributed by atoms with E-state index in [9.17, 15) is 13.2 Å². The average Bonchev–Trinajstić information content (AvgIpc) is 3.35. The Balaban J connectivity index is 1.33. The molecule has 0 aliphatic rings. The molecule has 0 amide bonds. The first kappa shape index (κ1) is 24.7. The van der Waals surface area contributed by atoms with Crippen LogP contribution in [0.4, 0.5) is 18.9 Å². The minimum Gasteiger partial charge on any atom is -0.497 e. The summed E-state index contributed by atoms with van der Waals surface area (Å²) in [5.41, 5.74) is 6.64. The first-order valence-corrected chi connectivity index (χ1v) is 10.9. The van der Waals surface area contributed by atoms with Crippen molar-refractivity contribution in [3.63, 3.8) is 0 Å². The zero-order valence-corrected chi connectivity index (χ0v) is 19.7. The van der Waals surface area contributed by atoms with Crippen LogP contribution < -0.4 is 20.2 Å². The van der Waals surface area contributed by atoms with Gasteiger partial charge in [-0.2, -0.15) is 5.10 Å². The van der Waals surface area contributed by atoms with Gasteiger partial charge >= 0.3 is 6.36 Å². The van der Waals surface area contributed by atoms with E-state index < -0.39 is 6.36 Å². The van der Waals surface area contributed by atoms with E-state index in [1.54, 1.807) is 30.4 Å². The molecule has 0 unspecified atom stereocenters. The third kappa shape index (κ3) is 6.83. The van der Waals surface area contributed by atoms with E-state index >= 15 is 0 Å². The second kappa shape index (κ2) is 10.9. The van der Waals surface area contributed by atoms with Gasteiger partial charge < -0.3 is 19.4 Å². The van der Waals surface area contributed by atoms with E-state index in [-0.39, 0.29) is 5.75 Å². The fourth-order valence-corrected chi connectivity index (χ4v) is 3.34. The number of halogens is 3. The number of nitrogens with one attached hydrogen (secondary N) is 2. The Labute approximate surface area is 210 Å². The van der Waals surface area contributed by atoms with Crippen molar-refractivity contribution < 1.29 is 22.6 Å². The number of hydrazone groups is 1. The number of ether oxygens (including phenoxy) is 2. The quantitative estimate of drug-likeness (QED) is 0.187. The van der Waals surface area contributed by atoms with Crippen LogP contribution in [0.3, 0.4) is 0 Å². The molecule has 11 heteroatoms. The predicted octanol–water partition coefficient (Wildman–Crippen LogP) is 5.77. The van der Waals surface area contributed by atoms with E-state index in [1.165, 1.54) is 24.3 Å². The van der Waals surface area contributed by atoms with Crippen molar-refractivity contribution in [3.05, 3.63) is 90.9 Å². The third-order valence-corrected chi connectivity index (χ3v) is 5.08. The van der Waals surface area contributed by atoms with E-state index in [2.05, 4.69) is 25.6 Å². The second-order valence-corrected chi connectivity index (χ2v) is 7.79. The molecule has 1 heterocycles. The maximum atomic E-state index is 12.3. The molecule has 3 aromatic carbocycles. The molecule has 2 N–H and O–H groups in total. The second-order valence-electron chi connectivity index (χ2n) is 7.38. The highest BCUT2D eigenvalue weighted by Crippen LogP contribution is 2.25. The minimum atomic E-state index is -4.73. The summed E-state index contributed by atoms with van der Waals surface area (Å²) in [7, 11) is 1.60. The van der Waals surface area contributed by atoms with Crippen LogP contribution in [0.25, 0.3) is 16.9 Å². The number of anilines is 1. The molecule has 0 aliphatic carbocycles. The number of methoxy groups -OCH3 is 1. The van der Waals surface area contributed by atoms with Gasteiger partial charge in [0, 0.05) is 23.1 Å². The van der Waals surface area contributed by atoms with E-state index in [4.69, 9.17) is 17.0 Å². The van der Waals surface area contributed by atoms with Gasteiger partial charge in [0.25, 0.3) is 0 Å². The van der Waals surface area contributed by atoms with Gasteiger partial charge in [0.1, 0.15) is 11.5 Å². The van der Waals surface area contributed by atoms with Gasteiger partial charge in [-0.05, 0) is 66.3 Å². The molecule has 0 atom stereocenters. The Hall–Kier alpha value is -4.38. The number of thiocarbonyl (C=S) groups is 1. The van der Waals surface area contributed by atoms with Crippen molar-refractivity contribution in [3.8, 4) is 28.4 Å². The Morgan fingerprint density at radius 2 is 1.64 bits per heavy atom. The molecule has 184 valence electrons. The maximum absolute atomic E-state index is 12.3. The van der Waals surface area contributed by atoms with E-state index in [1.807, 2.05) is 48.5 Å². The maximum Gasteiger partial charge on any atom is 0.573 e. The number of hydrogen-bond donors (Lipinski definition) is 2. The van der Waals surface area contributed by atoms with E-state index in [0.717, 1.165) is 22.6 Å². The van der Waals surface area contributed by atoms with Crippen molar-refractivity contribution in [2.75, 3.05) is 12.4 Å². The predicted molar refractivity (Wildman–Crippen MR) is 136 cm³/mol. The first-order chi connectivity index (χ1) is 17.3. The molecule has 0 spiro atoms. The number of nitrogens with zero attached hydrogens (tertiary/aromatic N) is 3. The summed E-state index contributed by atoms with van der Waals surface area (Å²) < 4.78 is 47.7. The number of rotatable bonds is 7. The van der Waals surface area contributed by atoms with Crippen molar-refractivity contribution in [1.82, 2.24) is 15.0 Å². The zero-order chi connectivity index (χ0) is 25.5. The Kier molecular flexibility index (Phi) is 7.50. The van der Waals surface area contributed by atoms with E-state index in [0.29, 0.717) is 16.5 Å². The van der Waals surface area contributed by atoms with Crippen LogP contribution in [0.1, 0.15) is 5.56 Å². The number of hydrogen-bond acceptors (Lipinski definition) is 5. The highest BCUT2D eigenvalue weighted by atomic mass is 32.1. The summed E-state index contributed by atoms with van der Waals surface area (Å²) in [5, 5.41) is 7.51. The highest BCUT2D eigenvalue weighted by Gasteiger charge is 2.30. The molecular formula is C25H20F3N5O2S. The van der Waals surface area contributed by atoms with Gasteiger partial charge in [-0.15, -0.1) is 13.2 Å². The molecule has 0 radical (unpaired) electrons.